The lowest BCUT2D eigenvalue weighted by atomic mass is 9.96. The summed E-state index contributed by atoms with van der Waals surface area (Å²) in [5.74, 6) is 0. The van der Waals surface area contributed by atoms with E-state index in [1.807, 2.05) is 6.08 Å². The first-order valence-corrected chi connectivity index (χ1v) is 6.51. The van der Waals surface area contributed by atoms with E-state index >= 15 is 0 Å². The number of rotatable bonds is 2. The summed E-state index contributed by atoms with van der Waals surface area (Å²) in [5, 5.41) is 0.928. The lowest BCUT2D eigenvalue weighted by molar-refractivity contribution is 0.444. The number of nitrogens with two attached hydrogens (primary N) is 1. The van der Waals surface area contributed by atoms with Crippen LogP contribution in [0.3, 0.4) is 0 Å². The molecule has 0 aliphatic heterocycles. The first-order chi connectivity index (χ1) is 6.36. The van der Waals surface area contributed by atoms with Gasteiger partial charge in [-0.3, -0.25) is 4.99 Å². The normalized spacial score (nSPS) is 21.2. The molecule has 1 saturated carbocycles. The Bertz CT molecular complexity index is 196. The summed E-state index contributed by atoms with van der Waals surface area (Å²) in [6.45, 7) is 0. The lowest BCUT2D eigenvalue weighted by Gasteiger charge is -2.17. The Hall–Kier alpha value is -0.0900. The molecule has 1 aliphatic rings. The van der Waals surface area contributed by atoms with Gasteiger partial charge in [0.2, 0.25) is 0 Å². The van der Waals surface area contributed by atoms with Crippen LogP contribution >= 0.6 is 22.5 Å². The molecule has 0 bridgehead atoms. The Labute approximate surface area is 88.9 Å². The zero-order valence-corrected chi connectivity index (χ0v) is 9.36. The highest BCUT2D eigenvalue weighted by Gasteiger charge is 2.12. The fraction of sp³-hybridized carbons (Fsp3) is 0.667. The van der Waals surface area contributed by atoms with Crippen molar-refractivity contribution in [2.24, 2.45) is 10.7 Å². The molecule has 0 amide bonds. The van der Waals surface area contributed by atoms with Crippen LogP contribution in [-0.2, 0) is 0 Å². The lowest BCUT2D eigenvalue weighted by Crippen LogP contribution is -2.10. The fourth-order valence-corrected chi connectivity index (χ4v) is 2.23. The molecular formula is C9H16N2S2. The van der Waals surface area contributed by atoms with Crippen molar-refractivity contribution in [2.45, 2.75) is 38.1 Å². The molecular weight excluding hydrogens is 200 g/mol. The molecule has 0 heterocycles. The van der Waals surface area contributed by atoms with Crippen LogP contribution in [-0.4, -0.2) is 11.1 Å². The van der Waals surface area contributed by atoms with Crippen molar-refractivity contribution in [3.63, 3.8) is 0 Å². The van der Waals surface area contributed by atoms with Crippen LogP contribution < -0.4 is 5.73 Å². The van der Waals surface area contributed by atoms with Gasteiger partial charge in [-0.2, -0.15) is 0 Å². The van der Waals surface area contributed by atoms with Gasteiger partial charge in [0.05, 0.1) is 6.04 Å². The third-order valence-corrected chi connectivity index (χ3v) is 3.21. The van der Waals surface area contributed by atoms with Crippen molar-refractivity contribution in [1.29, 1.82) is 0 Å². The van der Waals surface area contributed by atoms with Crippen molar-refractivity contribution in [3.8, 4) is 0 Å². The van der Waals surface area contributed by atoms with Crippen LogP contribution in [0.4, 0.5) is 0 Å². The van der Waals surface area contributed by atoms with Gasteiger partial charge < -0.3 is 5.73 Å². The summed E-state index contributed by atoms with van der Waals surface area (Å²) in [6.07, 6.45) is 9.75. The van der Waals surface area contributed by atoms with E-state index in [-0.39, 0.29) is 0 Å². The summed E-state index contributed by atoms with van der Waals surface area (Å²) in [6, 6.07) is 0.500. The molecule has 1 fully saturated rings. The molecule has 1 rings (SSSR count). The molecule has 1 aliphatic carbocycles. The second kappa shape index (κ2) is 6.38. The molecule has 0 aromatic heterocycles. The maximum absolute atomic E-state index is 5.30. The van der Waals surface area contributed by atoms with Crippen molar-refractivity contribution >= 4 is 27.5 Å². The molecule has 4 heteroatoms. The Morgan fingerprint density at radius 2 is 2.08 bits per heavy atom. The number of aliphatic imine (C=N–C) groups is 1. The number of nitrogens with zero attached hydrogens (tertiary/aromatic N) is 1. The predicted molar refractivity (Wildman–Crippen MR) is 64.2 cm³/mol. The van der Waals surface area contributed by atoms with Crippen LogP contribution in [0.2, 0.25) is 0 Å². The zero-order valence-electron chi connectivity index (χ0n) is 7.65. The SMILES string of the molecule is NC=CC(=NC1CCCCC1)SS. The molecule has 2 N–H and O–H groups in total. The topological polar surface area (TPSA) is 38.4 Å². The highest BCUT2D eigenvalue weighted by Crippen LogP contribution is 2.22. The van der Waals surface area contributed by atoms with Crippen molar-refractivity contribution in [1.82, 2.24) is 0 Å². The highest BCUT2D eigenvalue weighted by atomic mass is 33.1. The number of thiol groups is 1. The summed E-state index contributed by atoms with van der Waals surface area (Å²) in [4.78, 5) is 4.58. The smallest absolute Gasteiger partial charge is 0.102 e. The molecule has 2 nitrogen and oxygen atoms in total. The third-order valence-electron chi connectivity index (χ3n) is 2.22. The van der Waals surface area contributed by atoms with Gasteiger partial charge in [0.25, 0.3) is 0 Å². The van der Waals surface area contributed by atoms with E-state index in [1.165, 1.54) is 49.1 Å². The van der Waals surface area contributed by atoms with Gasteiger partial charge in [-0.25, -0.2) is 0 Å². The van der Waals surface area contributed by atoms with Gasteiger partial charge in [-0.1, -0.05) is 19.3 Å². The number of hydrogen-bond donors (Lipinski definition) is 2. The van der Waals surface area contributed by atoms with Crippen LogP contribution in [0.5, 0.6) is 0 Å². The maximum Gasteiger partial charge on any atom is 0.102 e. The molecule has 0 radical (unpaired) electrons. The van der Waals surface area contributed by atoms with Gasteiger partial charge >= 0.3 is 0 Å². The average molecular weight is 216 g/mol. The quantitative estimate of drug-likeness (QED) is 0.322. The summed E-state index contributed by atoms with van der Waals surface area (Å²) < 4.78 is 0. The van der Waals surface area contributed by atoms with Crippen molar-refractivity contribution < 1.29 is 0 Å². The molecule has 74 valence electrons. The van der Waals surface area contributed by atoms with E-state index in [4.69, 9.17) is 5.73 Å². The van der Waals surface area contributed by atoms with Gasteiger partial charge in [0, 0.05) is 0 Å². The molecule has 0 atom stereocenters. The fourth-order valence-electron chi connectivity index (χ4n) is 1.57. The number of hydrogen-bond acceptors (Lipinski definition) is 4. The Morgan fingerprint density at radius 1 is 1.38 bits per heavy atom. The van der Waals surface area contributed by atoms with E-state index < -0.39 is 0 Å². The summed E-state index contributed by atoms with van der Waals surface area (Å²) in [7, 11) is 1.37. The molecule has 0 unspecified atom stereocenters. The molecule has 0 aromatic carbocycles. The minimum Gasteiger partial charge on any atom is -0.405 e. The highest BCUT2D eigenvalue weighted by molar-refractivity contribution is 8.75. The van der Waals surface area contributed by atoms with E-state index in [0.29, 0.717) is 6.04 Å². The minimum atomic E-state index is 0.500. The summed E-state index contributed by atoms with van der Waals surface area (Å²) in [5.41, 5.74) is 5.30. The van der Waals surface area contributed by atoms with E-state index in [9.17, 15) is 0 Å². The van der Waals surface area contributed by atoms with Gasteiger partial charge in [0.15, 0.2) is 0 Å². The van der Waals surface area contributed by atoms with Crippen LogP contribution in [0.1, 0.15) is 32.1 Å². The second-order valence-electron chi connectivity index (χ2n) is 3.21. The van der Waals surface area contributed by atoms with Crippen molar-refractivity contribution in [3.05, 3.63) is 12.3 Å². The zero-order chi connectivity index (χ0) is 9.52. The molecule has 0 aromatic rings. The first-order valence-electron chi connectivity index (χ1n) is 4.64. The van der Waals surface area contributed by atoms with E-state index in [0.717, 1.165) is 5.04 Å². The van der Waals surface area contributed by atoms with Gasteiger partial charge in [-0.05, 0) is 35.9 Å². The van der Waals surface area contributed by atoms with Crippen LogP contribution in [0.25, 0.3) is 0 Å². The Balaban J connectivity index is 2.49. The standard InChI is InChI=1S/C9H16N2S2/c10-7-6-9(13-12)11-8-4-2-1-3-5-8/h6-8,12H,1-5,10H2. The maximum atomic E-state index is 5.30. The minimum absolute atomic E-state index is 0.500. The first kappa shape index (κ1) is 11.0. The van der Waals surface area contributed by atoms with Crippen molar-refractivity contribution in [2.75, 3.05) is 0 Å². The Kier molecular flexibility index (Phi) is 5.39. The van der Waals surface area contributed by atoms with Crippen LogP contribution in [0.15, 0.2) is 17.3 Å². The largest absolute Gasteiger partial charge is 0.405 e. The predicted octanol–water partition coefficient (Wildman–Crippen LogP) is 2.77. The van der Waals surface area contributed by atoms with Crippen LogP contribution in [0, 0.1) is 0 Å². The molecule has 13 heavy (non-hydrogen) atoms. The van der Waals surface area contributed by atoms with Gasteiger partial charge in [-0.15, -0.1) is 11.7 Å². The molecule has 0 spiro atoms. The van der Waals surface area contributed by atoms with E-state index in [1.54, 1.807) is 0 Å². The van der Waals surface area contributed by atoms with Gasteiger partial charge in [0.1, 0.15) is 5.04 Å². The second-order valence-corrected chi connectivity index (χ2v) is 4.36. The molecule has 0 saturated heterocycles. The average Bonchev–Trinajstić information content (AvgIpc) is 2.19. The van der Waals surface area contributed by atoms with E-state index in [2.05, 4.69) is 16.7 Å². The Morgan fingerprint density at radius 3 is 2.62 bits per heavy atom. The summed E-state index contributed by atoms with van der Waals surface area (Å²) >= 11 is 4.13. The monoisotopic (exact) mass is 216 g/mol. The third kappa shape index (κ3) is 4.09.